The van der Waals surface area contributed by atoms with E-state index in [9.17, 15) is 4.79 Å². The Morgan fingerprint density at radius 2 is 1.43 bits per heavy atom. The fraction of sp³-hybridized carbons (Fsp3) is 0.909. The van der Waals surface area contributed by atoms with Gasteiger partial charge < -0.3 is 18.3 Å². The molecule has 40 heavy (non-hydrogen) atoms. The second kappa shape index (κ2) is 11.3. The van der Waals surface area contributed by atoms with Gasteiger partial charge in [-0.15, -0.1) is 0 Å². The highest BCUT2D eigenvalue weighted by atomic mass is 28.4. The summed E-state index contributed by atoms with van der Waals surface area (Å²) in [7, 11) is -3.61. The number of fused-ring (bicyclic) bond motifs is 6. The lowest BCUT2D eigenvalue weighted by molar-refractivity contribution is -0.252. The molecule has 7 heteroatoms. The zero-order valence-corrected chi connectivity index (χ0v) is 28.9. The van der Waals surface area contributed by atoms with Crippen molar-refractivity contribution in [2.24, 2.45) is 28.6 Å². The van der Waals surface area contributed by atoms with Gasteiger partial charge in [-0.25, -0.2) is 0 Å². The number of rotatable bonds is 10. The van der Waals surface area contributed by atoms with Crippen LogP contribution in [0.2, 0.25) is 36.3 Å². The molecule has 0 N–H and O–H groups in total. The van der Waals surface area contributed by atoms with E-state index in [1.54, 1.807) is 0 Å². The van der Waals surface area contributed by atoms with Gasteiger partial charge in [0.15, 0.2) is 28.2 Å². The average Bonchev–Trinajstić information content (AvgIpc) is 3.56. The highest BCUT2D eigenvalue weighted by molar-refractivity contribution is 6.74. The van der Waals surface area contributed by atoms with E-state index >= 15 is 0 Å². The number of hydrogen-bond acceptors (Lipinski definition) is 5. The zero-order chi connectivity index (χ0) is 29.0. The maximum Gasteiger partial charge on any atom is 0.192 e. The number of ether oxygens (including phenoxy) is 2. The van der Waals surface area contributed by atoms with Crippen molar-refractivity contribution in [2.45, 2.75) is 148 Å². The van der Waals surface area contributed by atoms with Crippen molar-refractivity contribution in [3.63, 3.8) is 0 Å². The number of ketones is 1. The first-order valence-electron chi connectivity index (χ1n) is 16.9. The van der Waals surface area contributed by atoms with Crippen molar-refractivity contribution in [3.05, 3.63) is 11.6 Å². The molecule has 1 spiro atoms. The Kier molecular flexibility index (Phi) is 8.80. The number of allylic oxidation sites excluding steroid dienone is 1. The summed E-state index contributed by atoms with van der Waals surface area (Å²) in [5.74, 6) is 0.309. The Hall–Kier alpha value is -0.316. The zero-order valence-electron chi connectivity index (χ0n) is 26.9. The average molecular weight is 591 g/mol. The summed E-state index contributed by atoms with van der Waals surface area (Å²) in [6.45, 7) is 20.1. The highest BCUT2D eigenvalue weighted by Gasteiger charge is 2.70. The van der Waals surface area contributed by atoms with Gasteiger partial charge in [-0.05, 0) is 85.8 Å². The molecule has 7 atom stereocenters. The lowest BCUT2D eigenvalue weighted by Gasteiger charge is -2.61. The predicted molar refractivity (Wildman–Crippen MR) is 166 cm³/mol. The molecule has 5 nitrogen and oxygen atoms in total. The second-order valence-electron chi connectivity index (χ2n) is 14.4. The molecule has 0 unspecified atom stereocenters. The Morgan fingerprint density at radius 1 is 0.850 bits per heavy atom. The van der Waals surface area contributed by atoms with Gasteiger partial charge in [-0.1, -0.05) is 61.0 Å². The van der Waals surface area contributed by atoms with E-state index in [1.165, 1.54) is 23.7 Å². The van der Waals surface area contributed by atoms with Crippen molar-refractivity contribution < 1.29 is 23.1 Å². The quantitative estimate of drug-likeness (QED) is 0.240. The minimum absolute atomic E-state index is 0.00481. The molecule has 0 aromatic rings. The van der Waals surface area contributed by atoms with E-state index in [-0.39, 0.29) is 40.8 Å². The van der Waals surface area contributed by atoms with Crippen molar-refractivity contribution in [2.75, 3.05) is 13.2 Å². The molecule has 5 rings (SSSR count). The van der Waals surface area contributed by atoms with Gasteiger partial charge in [-0.3, -0.25) is 4.79 Å². The largest absolute Gasteiger partial charge is 0.414 e. The molecule has 3 saturated carbocycles. The summed E-state index contributed by atoms with van der Waals surface area (Å²) in [6, 6.07) is 6.93. The third-order valence-corrected chi connectivity index (χ3v) is 22.7. The molecule has 1 aliphatic heterocycles. The molecular weight excluding hydrogens is 533 g/mol. The van der Waals surface area contributed by atoms with E-state index in [0.717, 1.165) is 56.7 Å². The van der Waals surface area contributed by atoms with E-state index in [4.69, 9.17) is 18.3 Å². The van der Waals surface area contributed by atoms with Gasteiger partial charge in [0, 0.05) is 29.8 Å². The van der Waals surface area contributed by atoms with Crippen molar-refractivity contribution >= 4 is 22.4 Å². The summed E-state index contributed by atoms with van der Waals surface area (Å²) in [5.41, 5.74) is 1.15. The third-order valence-electron chi connectivity index (χ3n) is 13.3. The molecule has 5 aliphatic rings. The first-order valence-corrected chi connectivity index (χ1v) is 22.0. The van der Waals surface area contributed by atoms with E-state index in [2.05, 4.69) is 61.5 Å². The maximum absolute atomic E-state index is 14.4. The fourth-order valence-electron chi connectivity index (χ4n) is 10.2. The van der Waals surface area contributed by atoms with Crippen LogP contribution >= 0.6 is 0 Å². The van der Waals surface area contributed by atoms with E-state index in [1.807, 2.05) is 0 Å². The number of carbonyl (C=O) groups excluding carboxylic acids is 1. The molecule has 0 amide bonds. The van der Waals surface area contributed by atoms with Crippen LogP contribution < -0.4 is 0 Å². The van der Waals surface area contributed by atoms with Gasteiger partial charge in [0.1, 0.15) is 0 Å². The predicted octanol–water partition coefficient (Wildman–Crippen LogP) is 8.26. The minimum atomic E-state index is -1.91. The van der Waals surface area contributed by atoms with Crippen LogP contribution in [0.4, 0.5) is 0 Å². The van der Waals surface area contributed by atoms with Crippen LogP contribution in [0.3, 0.4) is 0 Å². The Balaban J connectivity index is 1.53. The second-order valence-corrected chi connectivity index (χ2v) is 23.8. The molecule has 228 valence electrons. The summed E-state index contributed by atoms with van der Waals surface area (Å²) >= 11 is 0. The molecular formula is C33H58O5Si2. The van der Waals surface area contributed by atoms with E-state index in [0.29, 0.717) is 19.0 Å². The lowest BCUT2D eigenvalue weighted by atomic mass is 9.46. The summed E-state index contributed by atoms with van der Waals surface area (Å²) in [5, 5.41) is 0. The Bertz CT molecular complexity index is 951. The van der Waals surface area contributed by atoms with Gasteiger partial charge in [0.25, 0.3) is 0 Å². The summed E-state index contributed by atoms with van der Waals surface area (Å²) < 4.78 is 27.5. The summed E-state index contributed by atoms with van der Waals surface area (Å²) in [4.78, 5) is 14.4. The van der Waals surface area contributed by atoms with Crippen molar-refractivity contribution in [3.8, 4) is 0 Å². The Morgan fingerprint density at radius 3 is 2.00 bits per heavy atom. The van der Waals surface area contributed by atoms with Crippen LogP contribution in [0.5, 0.6) is 0 Å². The number of carbonyl (C=O) groups is 1. The SMILES string of the molecule is CC[Si](CC)(CC)O[C@H]1CC[C@@]2(C)C(=CC(=O)[C@@H]3[C@@H]2[C@@H](O[Si](CC)(CC)CC)C[C@@]2(C)[C@H]3CCC23OCCO3)C1. The van der Waals surface area contributed by atoms with Crippen LogP contribution in [-0.4, -0.2) is 53.6 Å². The lowest BCUT2D eigenvalue weighted by Crippen LogP contribution is -2.63. The highest BCUT2D eigenvalue weighted by Crippen LogP contribution is 2.68. The van der Waals surface area contributed by atoms with Crippen molar-refractivity contribution in [1.29, 1.82) is 0 Å². The molecule has 1 heterocycles. The van der Waals surface area contributed by atoms with Gasteiger partial charge in [-0.2, -0.15) is 0 Å². The van der Waals surface area contributed by atoms with Crippen LogP contribution in [-0.2, 0) is 23.1 Å². The smallest absolute Gasteiger partial charge is 0.192 e. The molecule has 4 fully saturated rings. The summed E-state index contributed by atoms with van der Waals surface area (Å²) in [6.07, 6.45) is 8.40. The molecule has 0 aromatic heterocycles. The minimum Gasteiger partial charge on any atom is -0.414 e. The van der Waals surface area contributed by atoms with Crippen LogP contribution in [0.15, 0.2) is 11.6 Å². The fourth-order valence-corrected chi connectivity index (χ4v) is 16.0. The monoisotopic (exact) mass is 590 g/mol. The number of hydrogen-bond donors (Lipinski definition) is 0. The first kappa shape index (κ1) is 31.1. The van der Waals surface area contributed by atoms with Gasteiger partial charge >= 0.3 is 0 Å². The molecule has 0 radical (unpaired) electrons. The van der Waals surface area contributed by atoms with Crippen LogP contribution in [0.25, 0.3) is 0 Å². The normalized spacial score (nSPS) is 39.1. The maximum atomic E-state index is 14.4. The van der Waals surface area contributed by atoms with Gasteiger partial charge in [0.05, 0.1) is 19.3 Å². The molecule has 0 aromatic carbocycles. The van der Waals surface area contributed by atoms with E-state index < -0.39 is 22.4 Å². The third kappa shape index (κ3) is 4.63. The first-order chi connectivity index (χ1) is 19.0. The van der Waals surface area contributed by atoms with Crippen LogP contribution in [0.1, 0.15) is 93.9 Å². The molecule has 4 aliphatic carbocycles. The topological polar surface area (TPSA) is 54.0 Å². The Labute approximate surface area is 246 Å². The van der Waals surface area contributed by atoms with Crippen molar-refractivity contribution in [1.82, 2.24) is 0 Å². The van der Waals surface area contributed by atoms with Gasteiger partial charge in [0.2, 0.25) is 0 Å². The standard InChI is InChI=1S/C33H58O5Si2/c1-9-39(10-2,11-3)37-25-15-17-31(7)24(21-25)22-27(34)29-26-16-18-33(35-19-20-36-33)32(26,8)23-28(30(29)31)38-40(12-4,13-5)14-6/h22,25-26,28-30H,9-21,23H2,1-8H3/t25-,26-,28-,29+,30-,31-,32-/m0/s1. The molecule has 0 bridgehead atoms. The molecule has 1 saturated heterocycles. The van der Waals surface area contributed by atoms with Crippen LogP contribution in [0, 0.1) is 28.6 Å².